The summed E-state index contributed by atoms with van der Waals surface area (Å²) in [4.78, 5) is 24.8. The van der Waals surface area contributed by atoms with Gasteiger partial charge in [-0.3, -0.25) is 4.90 Å². The van der Waals surface area contributed by atoms with Gasteiger partial charge in [-0.1, -0.05) is 26.0 Å². The third kappa shape index (κ3) is 4.76. The monoisotopic (exact) mass is 307 g/mol. The smallest absolute Gasteiger partial charge is 0.415 e. The van der Waals surface area contributed by atoms with E-state index in [1.165, 1.54) is 6.92 Å². The molecule has 0 radical (unpaired) electrons. The number of aliphatic carboxylic acids is 1. The van der Waals surface area contributed by atoms with Gasteiger partial charge in [0.15, 0.2) is 0 Å². The zero-order valence-electron chi connectivity index (χ0n) is 14.1. The third-order valence-electron chi connectivity index (χ3n) is 3.17. The number of carbonyl (C=O) groups is 2. The van der Waals surface area contributed by atoms with E-state index in [1.54, 1.807) is 32.9 Å². The number of carboxylic acid groups (broad SMARTS) is 1. The second-order valence-corrected chi connectivity index (χ2v) is 6.61. The van der Waals surface area contributed by atoms with Gasteiger partial charge in [0.25, 0.3) is 0 Å². The summed E-state index contributed by atoms with van der Waals surface area (Å²) in [5.74, 6) is -0.722. The predicted octanol–water partition coefficient (Wildman–Crippen LogP) is 4.02. The van der Waals surface area contributed by atoms with E-state index in [0.29, 0.717) is 11.6 Å². The SMILES string of the molecule is CC(C)c1ccc(N(C(=O)OC(C)(C)C)[C@@H](C)C(=O)O)cc1. The minimum absolute atomic E-state index is 0.362. The van der Waals surface area contributed by atoms with Crippen LogP contribution in [-0.4, -0.2) is 28.8 Å². The van der Waals surface area contributed by atoms with E-state index in [-0.39, 0.29) is 0 Å². The highest BCUT2D eigenvalue weighted by Gasteiger charge is 2.31. The molecule has 0 aliphatic carbocycles. The van der Waals surface area contributed by atoms with Crippen LogP contribution in [0, 0.1) is 0 Å². The predicted molar refractivity (Wildman–Crippen MR) is 86.3 cm³/mol. The molecule has 1 rings (SSSR count). The lowest BCUT2D eigenvalue weighted by molar-refractivity contribution is -0.138. The standard InChI is InChI=1S/C17H25NO4/c1-11(2)13-7-9-14(10-8-13)18(12(3)15(19)20)16(21)22-17(4,5)6/h7-12H,1-6H3,(H,19,20)/t12-/m0/s1. The maximum absolute atomic E-state index is 12.4. The van der Waals surface area contributed by atoms with Crippen molar-refractivity contribution >= 4 is 17.7 Å². The fraction of sp³-hybridized carbons (Fsp3) is 0.529. The number of carboxylic acids is 1. The van der Waals surface area contributed by atoms with E-state index in [1.807, 2.05) is 12.1 Å². The molecular weight excluding hydrogens is 282 g/mol. The molecule has 5 nitrogen and oxygen atoms in total. The molecule has 0 aliphatic heterocycles. The Morgan fingerprint density at radius 1 is 1.09 bits per heavy atom. The second-order valence-electron chi connectivity index (χ2n) is 6.61. The lowest BCUT2D eigenvalue weighted by Gasteiger charge is -2.30. The van der Waals surface area contributed by atoms with Gasteiger partial charge in [0.05, 0.1) is 0 Å². The first-order valence-corrected chi connectivity index (χ1v) is 7.38. The van der Waals surface area contributed by atoms with E-state index < -0.39 is 23.7 Å². The van der Waals surface area contributed by atoms with Crippen LogP contribution in [0.25, 0.3) is 0 Å². The van der Waals surface area contributed by atoms with Crippen molar-refractivity contribution in [3.8, 4) is 0 Å². The number of hydrogen-bond acceptors (Lipinski definition) is 3. The van der Waals surface area contributed by atoms with Crippen molar-refractivity contribution in [2.75, 3.05) is 4.90 Å². The van der Waals surface area contributed by atoms with Crippen molar-refractivity contribution in [2.24, 2.45) is 0 Å². The Balaban J connectivity index is 3.15. The first-order chi connectivity index (χ1) is 10.0. The lowest BCUT2D eigenvalue weighted by atomic mass is 10.0. The number of amides is 1. The minimum atomic E-state index is -1.08. The van der Waals surface area contributed by atoms with Crippen LogP contribution < -0.4 is 4.90 Å². The highest BCUT2D eigenvalue weighted by Crippen LogP contribution is 2.24. The molecule has 0 bridgehead atoms. The van der Waals surface area contributed by atoms with E-state index in [0.717, 1.165) is 10.5 Å². The minimum Gasteiger partial charge on any atom is -0.480 e. The maximum Gasteiger partial charge on any atom is 0.415 e. The molecule has 0 spiro atoms. The Bertz CT molecular complexity index is 529. The largest absolute Gasteiger partial charge is 0.480 e. The molecule has 1 aromatic rings. The van der Waals surface area contributed by atoms with Gasteiger partial charge in [-0.2, -0.15) is 0 Å². The van der Waals surface area contributed by atoms with E-state index in [2.05, 4.69) is 13.8 Å². The maximum atomic E-state index is 12.4. The molecule has 5 heteroatoms. The van der Waals surface area contributed by atoms with Crippen LogP contribution in [0.1, 0.15) is 53.0 Å². The number of benzene rings is 1. The molecule has 0 fully saturated rings. The first kappa shape index (κ1) is 18.0. The van der Waals surface area contributed by atoms with Crippen LogP contribution >= 0.6 is 0 Å². The Labute approximate surface area is 131 Å². The highest BCUT2D eigenvalue weighted by atomic mass is 16.6. The van der Waals surface area contributed by atoms with Crippen LogP contribution in [0.3, 0.4) is 0 Å². The Morgan fingerprint density at radius 2 is 1.59 bits per heavy atom. The van der Waals surface area contributed by atoms with Crippen molar-refractivity contribution < 1.29 is 19.4 Å². The molecular formula is C17H25NO4. The van der Waals surface area contributed by atoms with Crippen LogP contribution in [0.4, 0.5) is 10.5 Å². The summed E-state index contributed by atoms with van der Waals surface area (Å²) >= 11 is 0. The summed E-state index contributed by atoms with van der Waals surface area (Å²) in [6.07, 6.45) is -0.667. The summed E-state index contributed by atoms with van der Waals surface area (Å²) in [6.45, 7) is 10.8. The molecule has 1 N–H and O–H groups in total. The zero-order chi connectivity index (χ0) is 17.1. The van der Waals surface area contributed by atoms with Crippen LogP contribution in [0.15, 0.2) is 24.3 Å². The fourth-order valence-electron chi connectivity index (χ4n) is 1.93. The van der Waals surface area contributed by atoms with Gasteiger partial charge in [-0.15, -0.1) is 0 Å². The van der Waals surface area contributed by atoms with Crippen LogP contribution in [-0.2, 0) is 9.53 Å². The first-order valence-electron chi connectivity index (χ1n) is 7.38. The molecule has 0 unspecified atom stereocenters. The molecule has 0 saturated heterocycles. The van der Waals surface area contributed by atoms with E-state index in [4.69, 9.17) is 4.74 Å². The Hall–Kier alpha value is -2.04. The summed E-state index contributed by atoms with van der Waals surface area (Å²) < 4.78 is 5.33. The fourth-order valence-corrected chi connectivity index (χ4v) is 1.93. The second kappa shape index (κ2) is 6.81. The van der Waals surface area contributed by atoms with Crippen LogP contribution in [0.2, 0.25) is 0 Å². The molecule has 122 valence electrons. The van der Waals surface area contributed by atoms with E-state index in [9.17, 15) is 14.7 Å². The van der Waals surface area contributed by atoms with Gasteiger partial charge < -0.3 is 9.84 Å². The number of rotatable bonds is 4. The average Bonchev–Trinajstić information content (AvgIpc) is 2.37. The van der Waals surface area contributed by atoms with Crippen molar-refractivity contribution in [3.63, 3.8) is 0 Å². The van der Waals surface area contributed by atoms with Crippen molar-refractivity contribution in [1.82, 2.24) is 0 Å². The number of carbonyl (C=O) groups excluding carboxylic acids is 1. The Morgan fingerprint density at radius 3 is 1.95 bits per heavy atom. The molecule has 1 amide bonds. The highest BCUT2D eigenvalue weighted by molar-refractivity contribution is 5.95. The van der Waals surface area contributed by atoms with Crippen molar-refractivity contribution in [2.45, 2.75) is 59.1 Å². The zero-order valence-corrected chi connectivity index (χ0v) is 14.1. The molecule has 1 atom stereocenters. The van der Waals surface area contributed by atoms with Crippen molar-refractivity contribution in [3.05, 3.63) is 29.8 Å². The number of anilines is 1. The van der Waals surface area contributed by atoms with Gasteiger partial charge in [0.2, 0.25) is 0 Å². The Kier molecular flexibility index (Phi) is 5.58. The van der Waals surface area contributed by atoms with E-state index >= 15 is 0 Å². The van der Waals surface area contributed by atoms with Crippen molar-refractivity contribution in [1.29, 1.82) is 0 Å². The summed E-state index contributed by atoms with van der Waals surface area (Å²) in [6, 6.07) is 6.27. The number of nitrogens with zero attached hydrogens (tertiary/aromatic N) is 1. The molecule has 0 aliphatic rings. The van der Waals surface area contributed by atoms with Gasteiger partial charge >= 0.3 is 12.1 Å². The number of hydrogen-bond donors (Lipinski definition) is 1. The van der Waals surface area contributed by atoms with Crippen LogP contribution in [0.5, 0.6) is 0 Å². The molecule has 1 aromatic carbocycles. The average molecular weight is 307 g/mol. The molecule has 0 aromatic heterocycles. The third-order valence-corrected chi connectivity index (χ3v) is 3.17. The topological polar surface area (TPSA) is 66.8 Å². The molecule has 0 heterocycles. The summed E-state index contributed by atoms with van der Waals surface area (Å²) in [5, 5.41) is 9.25. The quantitative estimate of drug-likeness (QED) is 0.912. The van der Waals surface area contributed by atoms with Gasteiger partial charge in [0, 0.05) is 5.69 Å². The normalized spacial score (nSPS) is 12.9. The lowest BCUT2D eigenvalue weighted by Crippen LogP contribution is -2.46. The van der Waals surface area contributed by atoms with Gasteiger partial charge in [0.1, 0.15) is 11.6 Å². The molecule has 0 saturated carbocycles. The molecule has 22 heavy (non-hydrogen) atoms. The summed E-state index contributed by atoms with van der Waals surface area (Å²) in [7, 11) is 0. The number of ether oxygens (including phenoxy) is 1. The van der Waals surface area contributed by atoms with Gasteiger partial charge in [-0.25, -0.2) is 9.59 Å². The van der Waals surface area contributed by atoms with Gasteiger partial charge in [-0.05, 0) is 51.3 Å². The summed E-state index contributed by atoms with van der Waals surface area (Å²) in [5.41, 5.74) is 0.940.